The lowest BCUT2D eigenvalue weighted by Gasteiger charge is -2.11. The van der Waals surface area contributed by atoms with Crippen molar-refractivity contribution in [1.82, 2.24) is 9.97 Å². The first-order chi connectivity index (χ1) is 10.8. The van der Waals surface area contributed by atoms with Crippen molar-refractivity contribution < 1.29 is 0 Å². The molecule has 2 N–H and O–H groups in total. The van der Waals surface area contributed by atoms with E-state index in [2.05, 4.69) is 57.7 Å². The van der Waals surface area contributed by atoms with Crippen molar-refractivity contribution in [2.45, 2.75) is 20.9 Å². The first-order valence-electron chi connectivity index (χ1n) is 7.15. The summed E-state index contributed by atoms with van der Waals surface area (Å²) in [4.78, 5) is 10.5. The standard InChI is InChI=1S/C17H18N4S.CH4/c1-3-8-18-16-14-10-12(2)6-7-15(14)20-17(21-16)19-11-13-5-4-9-22-13;/h3-7,9-10H,1,8,11H2,2H3,(H2,18,19,20,21);1H4. The third-order valence-corrected chi connectivity index (χ3v) is 4.14. The van der Waals surface area contributed by atoms with Gasteiger partial charge in [0.2, 0.25) is 5.95 Å². The third kappa shape index (κ3) is 4.07. The maximum atomic E-state index is 4.60. The second-order valence-corrected chi connectivity index (χ2v) is 6.05. The molecule has 0 fully saturated rings. The lowest BCUT2D eigenvalue weighted by Crippen LogP contribution is -2.07. The highest BCUT2D eigenvalue weighted by Crippen LogP contribution is 2.23. The molecular formula is C18H22N4S. The van der Waals surface area contributed by atoms with E-state index >= 15 is 0 Å². The molecule has 0 aliphatic rings. The number of thiophene rings is 1. The maximum Gasteiger partial charge on any atom is 0.225 e. The molecule has 2 aromatic heterocycles. The molecule has 0 aliphatic heterocycles. The Morgan fingerprint density at radius 3 is 2.83 bits per heavy atom. The predicted molar refractivity (Wildman–Crippen MR) is 101 cm³/mol. The van der Waals surface area contributed by atoms with Gasteiger partial charge in [-0.25, -0.2) is 4.98 Å². The number of fused-ring (bicyclic) bond motifs is 1. The zero-order valence-corrected chi connectivity index (χ0v) is 13.3. The molecule has 0 saturated carbocycles. The summed E-state index contributed by atoms with van der Waals surface area (Å²) in [5, 5.41) is 9.68. The molecule has 0 atom stereocenters. The molecule has 4 nitrogen and oxygen atoms in total. The average molecular weight is 326 g/mol. The van der Waals surface area contributed by atoms with Gasteiger partial charge in [0.05, 0.1) is 12.1 Å². The maximum absolute atomic E-state index is 4.60. The van der Waals surface area contributed by atoms with Crippen LogP contribution in [0.1, 0.15) is 17.9 Å². The highest BCUT2D eigenvalue weighted by atomic mass is 32.1. The fourth-order valence-electron chi connectivity index (χ4n) is 2.20. The van der Waals surface area contributed by atoms with Gasteiger partial charge >= 0.3 is 0 Å². The minimum Gasteiger partial charge on any atom is -0.366 e. The SMILES string of the molecule is C.C=CCNc1nc(NCc2cccs2)nc2ccc(C)cc12. The van der Waals surface area contributed by atoms with Crippen LogP contribution >= 0.6 is 11.3 Å². The Kier molecular flexibility index (Phi) is 5.71. The molecule has 0 aliphatic carbocycles. The molecular weight excluding hydrogens is 304 g/mol. The molecule has 0 unspecified atom stereocenters. The van der Waals surface area contributed by atoms with Crippen LogP contribution in [0, 0.1) is 6.92 Å². The average Bonchev–Trinajstić information content (AvgIpc) is 3.04. The Hall–Kier alpha value is -2.40. The molecule has 3 rings (SSSR count). The van der Waals surface area contributed by atoms with Gasteiger partial charge in [-0.1, -0.05) is 31.2 Å². The number of aryl methyl sites for hydroxylation is 1. The highest BCUT2D eigenvalue weighted by molar-refractivity contribution is 7.09. The minimum absolute atomic E-state index is 0. The summed E-state index contributed by atoms with van der Waals surface area (Å²) < 4.78 is 0. The molecule has 0 amide bonds. The second kappa shape index (κ2) is 7.74. The fourth-order valence-corrected chi connectivity index (χ4v) is 2.85. The third-order valence-electron chi connectivity index (χ3n) is 3.27. The Morgan fingerprint density at radius 1 is 1.22 bits per heavy atom. The first-order valence-corrected chi connectivity index (χ1v) is 8.03. The molecule has 1 aromatic carbocycles. The summed E-state index contributed by atoms with van der Waals surface area (Å²) in [5.74, 6) is 1.47. The normalized spacial score (nSPS) is 10.1. The first kappa shape index (κ1) is 17.0. The van der Waals surface area contributed by atoms with Crippen LogP contribution in [-0.2, 0) is 6.54 Å². The van der Waals surface area contributed by atoms with Crippen molar-refractivity contribution in [1.29, 1.82) is 0 Å². The van der Waals surface area contributed by atoms with Crippen molar-refractivity contribution in [2.24, 2.45) is 0 Å². The summed E-state index contributed by atoms with van der Waals surface area (Å²) in [7, 11) is 0. The lowest BCUT2D eigenvalue weighted by atomic mass is 10.1. The molecule has 0 spiro atoms. The van der Waals surface area contributed by atoms with Gasteiger partial charge in [0.15, 0.2) is 0 Å². The van der Waals surface area contributed by atoms with Crippen molar-refractivity contribution in [3.63, 3.8) is 0 Å². The largest absolute Gasteiger partial charge is 0.366 e. The molecule has 120 valence electrons. The highest BCUT2D eigenvalue weighted by Gasteiger charge is 2.07. The van der Waals surface area contributed by atoms with E-state index < -0.39 is 0 Å². The van der Waals surface area contributed by atoms with Crippen LogP contribution < -0.4 is 10.6 Å². The molecule has 23 heavy (non-hydrogen) atoms. The zero-order valence-electron chi connectivity index (χ0n) is 12.5. The van der Waals surface area contributed by atoms with E-state index in [1.165, 1.54) is 10.4 Å². The van der Waals surface area contributed by atoms with Gasteiger partial charge in [-0.05, 0) is 30.5 Å². The second-order valence-electron chi connectivity index (χ2n) is 5.02. The molecule has 0 bridgehead atoms. The van der Waals surface area contributed by atoms with E-state index in [0.717, 1.165) is 23.3 Å². The van der Waals surface area contributed by atoms with Gasteiger partial charge in [0.1, 0.15) is 5.82 Å². The van der Waals surface area contributed by atoms with Crippen LogP contribution in [-0.4, -0.2) is 16.5 Å². The van der Waals surface area contributed by atoms with Crippen molar-refractivity contribution in [3.8, 4) is 0 Å². The lowest BCUT2D eigenvalue weighted by molar-refractivity contribution is 1.09. The van der Waals surface area contributed by atoms with E-state index in [4.69, 9.17) is 0 Å². The van der Waals surface area contributed by atoms with E-state index in [0.29, 0.717) is 12.5 Å². The summed E-state index contributed by atoms with van der Waals surface area (Å²) in [5.41, 5.74) is 2.12. The number of anilines is 2. The van der Waals surface area contributed by atoms with Gasteiger partial charge in [-0.2, -0.15) is 4.98 Å². The number of rotatable bonds is 6. The summed E-state index contributed by atoms with van der Waals surface area (Å²) in [6, 6.07) is 10.3. The quantitative estimate of drug-likeness (QED) is 0.636. The summed E-state index contributed by atoms with van der Waals surface area (Å²) in [6.45, 7) is 7.22. The summed E-state index contributed by atoms with van der Waals surface area (Å²) in [6.07, 6.45) is 1.82. The van der Waals surface area contributed by atoms with Gasteiger partial charge in [-0.3, -0.25) is 0 Å². The van der Waals surface area contributed by atoms with Crippen LogP contribution in [0.4, 0.5) is 11.8 Å². The van der Waals surface area contributed by atoms with Gasteiger partial charge in [0, 0.05) is 16.8 Å². The zero-order chi connectivity index (χ0) is 15.4. The van der Waals surface area contributed by atoms with Crippen LogP contribution in [0.2, 0.25) is 0 Å². The Morgan fingerprint density at radius 2 is 2.09 bits per heavy atom. The molecule has 5 heteroatoms. The summed E-state index contributed by atoms with van der Waals surface area (Å²) >= 11 is 1.72. The number of aromatic nitrogens is 2. The van der Waals surface area contributed by atoms with E-state index in [-0.39, 0.29) is 7.43 Å². The number of hydrogen-bond acceptors (Lipinski definition) is 5. The smallest absolute Gasteiger partial charge is 0.225 e. The number of nitrogens with zero attached hydrogens (tertiary/aromatic N) is 2. The van der Waals surface area contributed by atoms with Gasteiger partial charge in [0.25, 0.3) is 0 Å². The predicted octanol–water partition coefficient (Wildman–Crippen LogP) is 4.85. The van der Waals surface area contributed by atoms with Crippen LogP contribution in [0.3, 0.4) is 0 Å². The molecule has 3 aromatic rings. The van der Waals surface area contributed by atoms with Crippen LogP contribution in [0.15, 0.2) is 48.4 Å². The Bertz CT molecular complexity index is 781. The monoisotopic (exact) mass is 326 g/mol. The van der Waals surface area contributed by atoms with E-state index in [1.54, 1.807) is 11.3 Å². The molecule has 2 heterocycles. The van der Waals surface area contributed by atoms with Crippen molar-refractivity contribution in [2.75, 3.05) is 17.2 Å². The molecule has 0 saturated heterocycles. The van der Waals surface area contributed by atoms with Crippen molar-refractivity contribution in [3.05, 3.63) is 58.8 Å². The van der Waals surface area contributed by atoms with E-state index in [1.807, 2.05) is 18.2 Å². The topological polar surface area (TPSA) is 49.8 Å². The Balaban J connectivity index is 0.00000192. The minimum atomic E-state index is 0. The number of nitrogens with one attached hydrogen (secondary N) is 2. The van der Waals surface area contributed by atoms with E-state index in [9.17, 15) is 0 Å². The van der Waals surface area contributed by atoms with Crippen molar-refractivity contribution >= 4 is 34.0 Å². The fraction of sp³-hybridized carbons (Fsp3) is 0.222. The Labute approximate surface area is 141 Å². The number of hydrogen-bond donors (Lipinski definition) is 2. The molecule has 0 radical (unpaired) electrons. The number of benzene rings is 1. The van der Waals surface area contributed by atoms with Gasteiger partial charge in [-0.15, -0.1) is 17.9 Å². The van der Waals surface area contributed by atoms with Gasteiger partial charge < -0.3 is 10.6 Å². The van der Waals surface area contributed by atoms with Crippen LogP contribution in [0.25, 0.3) is 10.9 Å². The van der Waals surface area contributed by atoms with Crippen LogP contribution in [0.5, 0.6) is 0 Å².